The van der Waals surface area contributed by atoms with Crippen LogP contribution in [0.15, 0.2) is 52.5 Å². The fourth-order valence-corrected chi connectivity index (χ4v) is 3.69. The Balaban J connectivity index is 2.07. The molecule has 2 aromatic rings. The molecule has 0 spiro atoms. The minimum atomic E-state index is -3.52. The normalized spacial score (nSPS) is 12.2. The van der Waals surface area contributed by atoms with E-state index in [1.165, 1.54) is 18.4 Å². The average Bonchev–Trinajstić information content (AvgIpc) is 2.67. The van der Waals surface area contributed by atoms with E-state index in [1.807, 2.05) is 19.1 Å². The third-order valence-corrected chi connectivity index (χ3v) is 6.12. The zero-order valence-corrected chi connectivity index (χ0v) is 17.9. The van der Waals surface area contributed by atoms with Crippen LogP contribution in [0.1, 0.15) is 18.1 Å². The van der Waals surface area contributed by atoms with Gasteiger partial charge in [0.05, 0.1) is 11.4 Å². The monoisotopic (exact) mass is 423 g/mol. The van der Waals surface area contributed by atoms with Crippen molar-refractivity contribution in [1.82, 2.24) is 19.9 Å². The van der Waals surface area contributed by atoms with E-state index in [1.54, 1.807) is 30.5 Å². The number of aliphatic imine (C=N–C) groups is 1. The van der Waals surface area contributed by atoms with Gasteiger partial charge >= 0.3 is 0 Å². The highest BCUT2D eigenvalue weighted by atomic mass is 35.5. The number of hydrogen-bond acceptors (Lipinski definition) is 4. The fourth-order valence-electron chi connectivity index (χ4n) is 2.47. The molecule has 2 N–H and O–H groups in total. The molecule has 0 aliphatic heterocycles. The second-order valence-corrected chi connectivity index (χ2v) is 8.76. The SMILES string of the molecule is CCNC(=NCc1ccccc1S(=O)(=O)N(C)C)NCCc1ccc(Cl)nc1. The summed E-state index contributed by atoms with van der Waals surface area (Å²) >= 11 is 5.80. The van der Waals surface area contributed by atoms with Crippen molar-refractivity contribution in [3.8, 4) is 0 Å². The molecule has 152 valence electrons. The maximum atomic E-state index is 12.5. The van der Waals surface area contributed by atoms with Gasteiger partial charge in [-0.05, 0) is 36.6 Å². The van der Waals surface area contributed by atoms with Crippen LogP contribution >= 0.6 is 11.6 Å². The van der Waals surface area contributed by atoms with Gasteiger partial charge in [-0.2, -0.15) is 0 Å². The van der Waals surface area contributed by atoms with Crippen LogP contribution in [-0.2, 0) is 23.0 Å². The number of nitrogens with zero attached hydrogens (tertiary/aromatic N) is 3. The standard InChI is InChI=1S/C19H26ClN5O2S/c1-4-21-19(22-12-11-15-9-10-18(20)23-13-15)24-14-16-7-5-6-8-17(16)28(26,27)25(2)3/h5-10,13H,4,11-12,14H2,1-3H3,(H2,21,22,24). The molecule has 0 atom stereocenters. The molecule has 0 bridgehead atoms. The first-order chi connectivity index (χ1) is 13.3. The van der Waals surface area contributed by atoms with Gasteiger partial charge < -0.3 is 10.6 Å². The van der Waals surface area contributed by atoms with E-state index >= 15 is 0 Å². The Hall–Kier alpha value is -2.16. The van der Waals surface area contributed by atoms with Crippen LogP contribution in [-0.4, -0.2) is 50.9 Å². The molecule has 7 nitrogen and oxygen atoms in total. The summed E-state index contributed by atoms with van der Waals surface area (Å²) in [6.07, 6.45) is 2.51. The largest absolute Gasteiger partial charge is 0.357 e. The molecule has 0 amide bonds. The van der Waals surface area contributed by atoms with Crippen molar-refractivity contribution in [2.24, 2.45) is 4.99 Å². The van der Waals surface area contributed by atoms with Gasteiger partial charge in [0, 0.05) is 33.4 Å². The van der Waals surface area contributed by atoms with Crippen molar-refractivity contribution in [3.05, 3.63) is 58.9 Å². The van der Waals surface area contributed by atoms with Crippen molar-refractivity contribution in [1.29, 1.82) is 0 Å². The highest BCUT2D eigenvalue weighted by molar-refractivity contribution is 7.89. The van der Waals surface area contributed by atoms with Crippen molar-refractivity contribution in [2.75, 3.05) is 27.2 Å². The second-order valence-electron chi connectivity index (χ2n) is 6.26. The Morgan fingerprint density at radius 3 is 2.57 bits per heavy atom. The smallest absolute Gasteiger partial charge is 0.242 e. The van der Waals surface area contributed by atoms with E-state index in [4.69, 9.17) is 11.6 Å². The molecule has 1 heterocycles. The van der Waals surface area contributed by atoms with E-state index in [2.05, 4.69) is 20.6 Å². The predicted octanol–water partition coefficient (Wildman–Crippen LogP) is 2.28. The molecule has 2 rings (SSSR count). The number of hydrogen-bond donors (Lipinski definition) is 2. The summed E-state index contributed by atoms with van der Waals surface area (Å²) in [5, 5.41) is 6.90. The fraction of sp³-hybridized carbons (Fsp3) is 0.368. The summed E-state index contributed by atoms with van der Waals surface area (Å²) in [5.74, 6) is 0.626. The second kappa shape index (κ2) is 10.4. The number of sulfonamides is 1. The Kier molecular flexibility index (Phi) is 8.22. The first-order valence-electron chi connectivity index (χ1n) is 8.97. The van der Waals surface area contributed by atoms with Gasteiger partial charge in [0.25, 0.3) is 0 Å². The Bertz CT molecular complexity index is 899. The van der Waals surface area contributed by atoms with Crippen LogP contribution in [0.4, 0.5) is 0 Å². The summed E-state index contributed by atoms with van der Waals surface area (Å²) in [4.78, 5) is 8.87. The molecular formula is C19H26ClN5O2S. The number of guanidine groups is 1. The van der Waals surface area contributed by atoms with E-state index in [0.717, 1.165) is 12.0 Å². The Morgan fingerprint density at radius 1 is 1.18 bits per heavy atom. The van der Waals surface area contributed by atoms with Gasteiger partial charge in [-0.1, -0.05) is 35.9 Å². The quantitative estimate of drug-likeness (QED) is 0.386. The van der Waals surface area contributed by atoms with Gasteiger partial charge in [0.15, 0.2) is 5.96 Å². The van der Waals surface area contributed by atoms with Crippen LogP contribution in [0.25, 0.3) is 0 Å². The summed E-state index contributed by atoms with van der Waals surface area (Å²) in [7, 11) is -0.478. The lowest BCUT2D eigenvalue weighted by Gasteiger charge is -2.15. The van der Waals surface area contributed by atoms with Crippen LogP contribution < -0.4 is 10.6 Å². The molecular weight excluding hydrogens is 398 g/mol. The average molecular weight is 424 g/mol. The van der Waals surface area contributed by atoms with Gasteiger partial charge in [-0.3, -0.25) is 0 Å². The van der Waals surface area contributed by atoms with Crippen LogP contribution in [0.3, 0.4) is 0 Å². The maximum absolute atomic E-state index is 12.5. The summed E-state index contributed by atoms with van der Waals surface area (Å²) in [6.45, 7) is 3.59. The molecule has 0 unspecified atom stereocenters. The predicted molar refractivity (Wildman–Crippen MR) is 113 cm³/mol. The van der Waals surface area contributed by atoms with Crippen molar-refractivity contribution in [3.63, 3.8) is 0 Å². The lowest BCUT2D eigenvalue weighted by molar-refractivity contribution is 0.519. The maximum Gasteiger partial charge on any atom is 0.242 e. The topological polar surface area (TPSA) is 86.7 Å². The number of nitrogens with one attached hydrogen (secondary N) is 2. The number of pyridine rings is 1. The highest BCUT2D eigenvalue weighted by Gasteiger charge is 2.20. The van der Waals surface area contributed by atoms with Crippen molar-refractivity contribution < 1.29 is 8.42 Å². The van der Waals surface area contributed by atoms with Gasteiger partial charge in [-0.25, -0.2) is 22.7 Å². The van der Waals surface area contributed by atoms with Gasteiger partial charge in [0.1, 0.15) is 5.15 Å². The molecule has 0 saturated heterocycles. The molecule has 1 aromatic carbocycles. The van der Waals surface area contributed by atoms with Crippen LogP contribution in [0.2, 0.25) is 5.15 Å². The van der Waals surface area contributed by atoms with Crippen molar-refractivity contribution >= 4 is 27.6 Å². The third-order valence-electron chi connectivity index (χ3n) is 3.98. The third kappa shape index (κ3) is 6.19. The molecule has 0 radical (unpaired) electrons. The number of halogens is 1. The number of benzene rings is 1. The number of rotatable bonds is 8. The number of aromatic nitrogens is 1. The summed E-state index contributed by atoms with van der Waals surface area (Å²) in [5.41, 5.74) is 1.71. The Morgan fingerprint density at radius 2 is 1.93 bits per heavy atom. The van der Waals surface area contributed by atoms with Gasteiger partial charge in [-0.15, -0.1) is 0 Å². The van der Waals surface area contributed by atoms with E-state index in [-0.39, 0.29) is 11.4 Å². The summed E-state index contributed by atoms with van der Waals surface area (Å²) < 4.78 is 26.2. The van der Waals surface area contributed by atoms with E-state index in [9.17, 15) is 8.42 Å². The zero-order valence-electron chi connectivity index (χ0n) is 16.3. The minimum absolute atomic E-state index is 0.251. The van der Waals surface area contributed by atoms with Crippen LogP contribution in [0, 0.1) is 0 Å². The molecule has 9 heteroatoms. The molecule has 1 aromatic heterocycles. The zero-order chi connectivity index (χ0) is 20.6. The van der Waals surface area contributed by atoms with E-state index < -0.39 is 10.0 Å². The molecule has 0 saturated carbocycles. The Labute approximate surface area is 171 Å². The lowest BCUT2D eigenvalue weighted by atomic mass is 10.2. The summed E-state index contributed by atoms with van der Waals surface area (Å²) in [6, 6.07) is 10.6. The molecule has 0 aliphatic rings. The lowest BCUT2D eigenvalue weighted by Crippen LogP contribution is -2.38. The molecule has 0 fully saturated rings. The van der Waals surface area contributed by atoms with Crippen LogP contribution in [0.5, 0.6) is 0 Å². The molecule has 28 heavy (non-hydrogen) atoms. The molecule has 0 aliphatic carbocycles. The first kappa shape index (κ1) is 22.1. The first-order valence-corrected chi connectivity index (χ1v) is 10.8. The van der Waals surface area contributed by atoms with E-state index in [0.29, 0.717) is 29.8 Å². The minimum Gasteiger partial charge on any atom is -0.357 e. The highest BCUT2D eigenvalue weighted by Crippen LogP contribution is 2.19. The van der Waals surface area contributed by atoms with Crippen molar-refractivity contribution in [2.45, 2.75) is 24.8 Å². The van der Waals surface area contributed by atoms with Gasteiger partial charge in [0.2, 0.25) is 10.0 Å².